The lowest BCUT2D eigenvalue weighted by molar-refractivity contribution is 0.408. The van der Waals surface area contributed by atoms with E-state index in [9.17, 15) is 4.39 Å². The monoisotopic (exact) mass is 293 g/mol. The topological polar surface area (TPSA) is 21.3 Å². The molecular weight excluding hydrogens is 277 g/mol. The van der Waals surface area contributed by atoms with Gasteiger partial charge in [-0.3, -0.25) is 0 Å². The van der Waals surface area contributed by atoms with Gasteiger partial charge in [0.15, 0.2) is 0 Å². The Balaban J connectivity index is 1.86. The number of ether oxygens (including phenoxy) is 1. The van der Waals surface area contributed by atoms with E-state index in [0.29, 0.717) is 11.6 Å². The summed E-state index contributed by atoms with van der Waals surface area (Å²) in [5.41, 5.74) is 2.06. The fourth-order valence-corrected chi connectivity index (χ4v) is 2.23. The van der Waals surface area contributed by atoms with E-state index in [2.05, 4.69) is 5.32 Å². The molecule has 1 N–H and O–H groups in total. The lowest BCUT2D eigenvalue weighted by atomic mass is 10.1. The van der Waals surface area contributed by atoms with Crippen LogP contribution in [0.1, 0.15) is 11.1 Å². The van der Waals surface area contributed by atoms with Crippen LogP contribution in [0, 0.1) is 5.82 Å². The highest BCUT2D eigenvalue weighted by molar-refractivity contribution is 6.31. The molecule has 106 valence electrons. The van der Waals surface area contributed by atoms with Gasteiger partial charge in [0.1, 0.15) is 11.6 Å². The van der Waals surface area contributed by atoms with Gasteiger partial charge >= 0.3 is 0 Å². The quantitative estimate of drug-likeness (QED) is 0.818. The number of halogens is 2. The van der Waals surface area contributed by atoms with Gasteiger partial charge in [-0.2, -0.15) is 0 Å². The predicted octanol–water partition coefficient (Wildman–Crippen LogP) is 3.82. The summed E-state index contributed by atoms with van der Waals surface area (Å²) in [7, 11) is 1.63. The second-order valence-corrected chi connectivity index (χ2v) is 4.88. The normalized spacial score (nSPS) is 10.6. The average Bonchev–Trinajstić information content (AvgIpc) is 2.46. The maximum atomic E-state index is 12.8. The lowest BCUT2D eigenvalue weighted by Gasteiger charge is -2.11. The number of rotatable bonds is 6. The molecule has 20 heavy (non-hydrogen) atoms. The Bertz CT molecular complexity index is 557. The molecule has 2 rings (SSSR count). The molecule has 0 unspecified atom stereocenters. The van der Waals surface area contributed by atoms with E-state index in [1.54, 1.807) is 19.2 Å². The molecule has 0 aliphatic rings. The summed E-state index contributed by atoms with van der Waals surface area (Å²) in [5.74, 6) is 0.578. The van der Waals surface area contributed by atoms with Gasteiger partial charge in [-0.05, 0) is 42.8 Å². The summed E-state index contributed by atoms with van der Waals surface area (Å²) in [6.45, 7) is 1.43. The minimum Gasteiger partial charge on any atom is -0.496 e. The van der Waals surface area contributed by atoms with Crippen LogP contribution in [0.3, 0.4) is 0 Å². The van der Waals surface area contributed by atoms with E-state index in [-0.39, 0.29) is 5.82 Å². The van der Waals surface area contributed by atoms with Crippen LogP contribution in [0.15, 0.2) is 42.5 Å². The molecule has 0 bridgehead atoms. The fraction of sp³-hybridized carbons (Fsp3) is 0.250. The van der Waals surface area contributed by atoms with Crippen molar-refractivity contribution in [3.05, 3.63) is 64.4 Å². The van der Waals surface area contributed by atoms with Crippen molar-refractivity contribution in [2.45, 2.75) is 13.0 Å². The van der Waals surface area contributed by atoms with E-state index in [4.69, 9.17) is 16.3 Å². The molecule has 0 saturated carbocycles. The zero-order valence-corrected chi connectivity index (χ0v) is 12.1. The van der Waals surface area contributed by atoms with E-state index < -0.39 is 0 Å². The highest BCUT2D eigenvalue weighted by Crippen LogP contribution is 2.25. The average molecular weight is 294 g/mol. The highest BCUT2D eigenvalue weighted by Gasteiger charge is 2.06. The van der Waals surface area contributed by atoms with E-state index in [0.717, 1.165) is 29.8 Å². The van der Waals surface area contributed by atoms with Gasteiger partial charge in [-0.15, -0.1) is 0 Å². The number of nitrogens with one attached hydrogen (secondary N) is 1. The third-order valence-corrected chi connectivity index (χ3v) is 3.46. The molecule has 0 aromatic heterocycles. The van der Waals surface area contributed by atoms with Crippen molar-refractivity contribution in [3.63, 3.8) is 0 Å². The zero-order chi connectivity index (χ0) is 14.4. The van der Waals surface area contributed by atoms with Crippen LogP contribution in [0.4, 0.5) is 4.39 Å². The summed E-state index contributed by atoms with van der Waals surface area (Å²) < 4.78 is 18.1. The minimum atomic E-state index is -0.206. The van der Waals surface area contributed by atoms with Crippen LogP contribution in [0.2, 0.25) is 5.02 Å². The van der Waals surface area contributed by atoms with Crippen LogP contribution in [0.25, 0.3) is 0 Å². The molecule has 0 fully saturated rings. The van der Waals surface area contributed by atoms with Crippen molar-refractivity contribution in [3.8, 4) is 5.75 Å². The molecule has 0 saturated heterocycles. The molecule has 0 spiro atoms. The lowest BCUT2D eigenvalue weighted by Crippen LogP contribution is -2.17. The van der Waals surface area contributed by atoms with Gasteiger partial charge in [-0.25, -0.2) is 4.39 Å². The maximum absolute atomic E-state index is 12.8. The largest absolute Gasteiger partial charge is 0.496 e. The third kappa shape index (κ3) is 3.95. The molecule has 4 heteroatoms. The summed E-state index contributed by atoms with van der Waals surface area (Å²) in [6, 6.07) is 12.2. The van der Waals surface area contributed by atoms with E-state index in [1.807, 2.05) is 18.2 Å². The molecular formula is C16H17ClFNO. The standard InChI is InChI=1S/C16H17ClFNO/c1-20-16-4-2-3-15(17)14(16)11-19-10-9-12-5-7-13(18)8-6-12/h2-8,19H,9-11H2,1H3. The van der Waals surface area contributed by atoms with E-state index >= 15 is 0 Å². The second-order valence-electron chi connectivity index (χ2n) is 4.47. The first kappa shape index (κ1) is 14.8. The van der Waals surface area contributed by atoms with Gasteiger partial charge in [0.2, 0.25) is 0 Å². The maximum Gasteiger partial charge on any atom is 0.124 e. The number of hydrogen-bond donors (Lipinski definition) is 1. The van der Waals surface area contributed by atoms with Crippen LogP contribution >= 0.6 is 11.6 Å². The highest BCUT2D eigenvalue weighted by atomic mass is 35.5. The van der Waals surface area contributed by atoms with Crippen LogP contribution in [0.5, 0.6) is 5.75 Å². The molecule has 0 heterocycles. The number of methoxy groups -OCH3 is 1. The first-order valence-corrected chi connectivity index (χ1v) is 6.85. The van der Waals surface area contributed by atoms with Gasteiger partial charge in [0, 0.05) is 17.1 Å². The Morgan fingerprint density at radius 3 is 2.60 bits per heavy atom. The van der Waals surface area contributed by atoms with Gasteiger partial charge in [0.05, 0.1) is 7.11 Å². The Morgan fingerprint density at radius 1 is 1.15 bits per heavy atom. The molecule has 2 aromatic carbocycles. The van der Waals surface area contributed by atoms with Gasteiger partial charge in [0.25, 0.3) is 0 Å². The zero-order valence-electron chi connectivity index (χ0n) is 11.3. The SMILES string of the molecule is COc1cccc(Cl)c1CNCCc1ccc(F)cc1. The molecule has 0 atom stereocenters. The van der Waals surface area contributed by atoms with Gasteiger partial charge in [-0.1, -0.05) is 29.8 Å². The molecule has 2 aromatic rings. The Morgan fingerprint density at radius 2 is 1.90 bits per heavy atom. The van der Waals surface area contributed by atoms with Crippen LogP contribution in [-0.4, -0.2) is 13.7 Å². The summed E-state index contributed by atoms with van der Waals surface area (Å²) >= 11 is 6.16. The van der Waals surface area contributed by atoms with Crippen molar-refractivity contribution in [2.24, 2.45) is 0 Å². The molecule has 0 aliphatic heterocycles. The van der Waals surface area contributed by atoms with Crippen LogP contribution in [-0.2, 0) is 13.0 Å². The molecule has 0 radical (unpaired) electrons. The van der Waals surface area contributed by atoms with E-state index in [1.165, 1.54) is 12.1 Å². The second kappa shape index (κ2) is 7.27. The van der Waals surface area contributed by atoms with Crippen molar-refractivity contribution < 1.29 is 9.13 Å². The van der Waals surface area contributed by atoms with Gasteiger partial charge < -0.3 is 10.1 Å². The number of hydrogen-bond acceptors (Lipinski definition) is 2. The molecule has 0 amide bonds. The smallest absolute Gasteiger partial charge is 0.124 e. The van der Waals surface area contributed by atoms with Crippen LogP contribution < -0.4 is 10.1 Å². The summed E-state index contributed by atoms with van der Waals surface area (Å²) in [6.07, 6.45) is 0.840. The van der Waals surface area contributed by atoms with Crippen molar-refractivity contribution in [1.29, 1.82) is 0 Å². The molecule has 2 nitrogen and oxygen atoms in total. The Kier molecular flexibility index (Phi) is 5.39. The Labute approximate surface area is 123 Å². The third-order valence-electron chi connectivity index (χ3n) is 3.10. The van der Waals surface area contributed by atoms with Crippen molar-refractivity contribution in [1.82, 2.24) is 5.32 Å². The summed E-state index contributed by atoms with van der Waals surface area (Å²) in [4.78, 5) is 0. The first-order valence-electron chi connectivity index (χ1n) is 6.47. The Hall–Kier alpha value is -1.58. The number of benzene rings is 2. The molecule has 0 aliphatic carbocycles. The summed E-state index contributed by atoms with van der Waals surface area (Å²) in [5, 5.41) is 4.02. The minimum absolute atomic E-state index is 0.206. The van der Waals surface area contributed by atoms with Crippen molar-refractivity contribution >= 4 is 11.6 Å². The predicted molar refractivity (Wildman–Crippen MR) is 79.8 cm³/mol. The first-order chi connectivity index (χ1) is 9.70. The fourth-order valence-electron chi connectivity index (χ4n) is 2.00. The van der Waals surface area contributed by atoms with Crippen molar-refractivity contribution in [2.75, 3.05) is 13.7 Å².